The Hall–Kier alpha value is -3.60. The van der Waals surface area contributed by atoms with Gasteiger partial charge in [0.05, 0.1) is 12.2 Å². The van der Waals surface area contributed by atoms with Gasteiger partial charge in [-0.05, 0) is 36.6 Å². The maximum absolute atomic E-state index is 13.0. The first kappa shape index (κ1) is 20.3. The summed E-state index contributed by atoms with van der Waals surface area (Å²) in [6.45, 7) is 6.77. The molecule has 3 aromatic rings. The maximum atomic E-state index is 13.0. The Morgan fingerprint density at radius 3 is 2.69 bits per heavy atom. The molecule has 5 rings (SSSR count). The van der Waals surface area contributed by atoms with Crippen LogP contribution in [0, 0.1) is 6.92 Å². The molecule has 32 heavy (non-hydrogen) atoms. The van der Waals surface area contributed by atoms with Crippen molar-refractivity contribution in [3.63, 3.8) is 0 Å². The molecular weight excluding hydrogens is 400 g/mol. The van der Waals surface area contributed by atoms with Gasteiger partial charge in [-0.3, -0.25) is 4.79 Å². The summed E-state index contributed by atoms with van der Waals surface area (Å²) >= 11 is 0. The van der Waals surface area contributed by atoms with Gasteiger partial charge in [0.2, 0.25) is 5.88 Å². The molecule has 0 spiro atoms. The van der Waals surface area contributed by atoms with Gasteiger partial charge in [-0.15, -0.1) is 0 Å². The Balaban J connectivity index is 1.59. The average Bonchev–Trinajstić information content (AvgIpc) is 3.12. The molecular formula is C27H26N2O3. The van der Waals surface area contributed by atoms with Gasteiger partial charge in [-0.1, -0.05) is 55.1 Å². The van der Waals surface area contributed by atoms with Crippen LogP contribution in [0.15, 0.2) is 78.6 Å². The van der Waals surface area contributed by atoms with Crippen molar-refractivity contribution in [2.45, 2.75) is 38.6 Å². The lowest BCUT2D eigenvalue weighted by molar-refractivity contribution is -0.116. The van der Waals surface area contributed by atoms with Crippen LogP contribution < -0.4 is 9.47 Å². The third-order valence-electron chi connectivity index (χ3n) is 6.09. The van der Waals surface area contributed by atoms with E-state index in [1.54, 1.807) is 6.08 Å². The van der Waals surface area contributed by atoms with Crippen molar-refractivity contribution in [2.24, 2.45) is 0 Å². The normalized spacial score (nSPS) is 17.4. The minimum atomic E-state index is -0.181. The maximum Gasteiger partial charge on any atom is 0.222 e. The van der Waals surface area contributed by atoms with E-state index in [4.69, 9.17) is 14.6 Å². The number of ketones is 1. The summed E-state index contributed by atoms with van der Waals surface area (Å²) in [6, 6.07) is 18.2. The molecule has 0 unspecified atom stereocenters. The zero-order chi connectivity index (χ0) is 22.1. The number of carbonyl (C=O) groups excluding carboxylic acids is 1. The second kappa shape index (κ2) is 8.50. The summed E-state index contributed by atoms with van der Waals surface area (Å²) in [5.41, 5.74) is 4.85. The monoisotopic (exact) mass is 426 g/mol. The molecule has 1 aliphatic heterocycles. The Bertz CT molecular complexity index is 1190. The van der Waals surface area contributed by atoms with E-state index in [-0.39, 0.29) is 11.7 Å². The van der Waals surface area contributed by atoms with Gasteiger partial charge >= 0.3 is 0 Å². The fourth-order valence-electron chi connectivity index (χ4n) is 4.65. The number of allylic oxidation sites excluding steroid dienone is 2. The van der Waals surface area contributed by atoms with Gasteiger partial charge in [-0.25, -0.2) is 4.68 Å². The van der Waals surface area contributed by atoms with E-state index < -0.39 is 0 Å². The predicted molar refractivity (Wildman–Crippen MR) is 123 cm³/mol. The number of benzene rings is 2. The average molecular weight is 427 g/mol. The third kappa shape index (κ3) is 3.64. The van der Waals surface area contributed by atoms with Crippen LogP contribution in [0.5, 0.6) is 11.6 Å². The number of Topliss-reactive ketones (excluding diaryl/α,β-unsaturated/α-hetero) is 1. The summed E-state index contributed by atoms with van der Waals surface area (Å²) in [7, 11) is 0. The van der Waals surface area contributed by atoms with Gasteiger partial charge in [-0.2, -0.15) is 5.10 Å². The van der Waals surface area contributed by atoms with Crippen molar-refractivity contribution in [3.05, 3.63) is 101 Å². The standard InChI is InChI=1S/C27H26N2O3/c1-3-16-31-21-14-12-20(13-15-21)25-24-18(2)28-29(17-19-8-5-4-6-9-19)27(24)32-23-11-7-10-22(30)26(23)25/h3-6,8-9,12-15,25H,1,7,10-11,16-17H2,2H3/t25-/m1/s1. The lowest BCUT2D eigenvalue weighted by Gasteiger charge is -2.31. The highest BCUT2D eigenvalue weighted by atomic mass is 16.5. The molecule has 0 saturated carbocycles. The molecule has 0 radical (unpaired) electrons. The number of nitrogens with zero attached hydrogens (tertiary/aromatic N) is 2. The van der Waals surface area contributed by atoms with Gasteiger partial charge < -0.3 is 9.47 Å². The first-order chi connectivity index (χ1) is 15.7. The predicted octanol–water partition coefficient (Wildman–Crippen LogP) is 5.34. The molecule has 0 bridgehead atoms. The topological polar surface area (TPSA) is 53.4 Å². The summed E-state index contributed by atoms with van der Waals surface area (Å²) in [4.78, 5) is 13.0. The largest absolute Gasteiger partial charge is 0.490 e. The van der Waals surface area contributed by atoms with Crippen LogP contribution in [0.2, 0.25) is 0 Å². The van der Waals surface area contributed by atoms with Gasteiger partial charge in [0.1, 0.15) is 18.1 Å². The van der Waals surface area contributed by atoms with E-state index in [2.05, 4.69) is 18.7 Å². The minimum absolute atomic E-state index is 0.170. The summed E-state index contributed by atoms with van der Waals surface area (Å²) in [6.07, 6.45) is 3.87. The van der Waals surface area contributed by atoms with E-state index >= 15 is 0 Å². The number of rotatable bonds is 6. The molecule has 5 nitrogen and oxygen atoms in total. The number of hydrogen-bond acceptors (Lipinski definition) is 4. The molecule has 0 amide bonds. The van der Waals surface area contributed by atoms with Crippen LogP contribution in [0.4, 0.5) is 0 Å². The van der Waals surface area contributed by atoms with Crippen molar-refractivity contribution >= 4 is 5.78 Å². The number of fused-ring (bicyclic) bond motifs is 1. The number of aryl methyl sites for hydroxylation is 1. The molecule has 0 saturated heterocycles. The van der Waals surface area contributed by atoms with Crippen LogP contribution in [0.25, 0.3) is 0 Å². The van der Waals surface area contributed by atoms with Gasteiger partial charge in [0.15, 0.2) is 5.78 Å². The smallest absolute Gasteiger partial charge is 0.222 e. The molecule has 162 valence electrons. The number of hydrogen-bond donors (Lipinski definition) is 0. The zero-order valence-electron chi connectivity index (χ0n) is 18.2. The Labute approximate surface area is 188 Å². The molecule has 1 atom stereocenters. The van der Waals surface area contributed by atoms with E-state index in [0.717, 1.165) is 58.2 Å². The quantitative estimate of drug-likeness (QED) is 0.500. The minimum Gasteiger partial charge on any atom is -0.490 e. The van der Waals surface area contributed by atoms with Crippen molar-refractivity contribution in [2.75, 3.05) is 6.61 Å². The van der Waals surface area contributed by atoms with Crippen molar-refractivity contribution < 1.29 is 14.3 Å². The lowest BCUT2D eigenvalue weighted by Crippen LogP contribution is -2.26. The lowest BCUT2D eigenvalue weighted by atomic mass is 9.77. The number of ether oxygens (including phenoxy) is 2. The summed E-state index contributed by atoms with van der Waals surface area (Å²) < 4.78 is 14.0. The van der Waals surface area contributed by atoms with Crippen molar-refractivity contribution in [1.82, 2.24) is 9.78 Å². The van der Waals surface area contributed by atoms with Crippen LogP contribution in [-0.4, -0.2) is 22.2 Å². The molecule has 0 fully saturated rings. The first-order valence-corrected chi connectivity index (χ1v) is 11.0. The van der Waals surface area contributed by atoms with Crippen molar-refractivity contribution in [3.8, 4) is 11.6 Å². The molecule has 2 aromatic carbocycles. The van der Waals surface area contributed by atoms with Crippen LogP contribution >= 0.6 is 0 Å². The van der Waals surface area contributed by atoms with Crippen molar-refractivity contribution in [1.29, 1.82) is 0 Å². The van der Waals surface area contributed by atoms with Crippen LogP contribution in [0.1, 0.15) is 47.6 Å². The Morgan fingerprint density at radius 2 is 1.94 bits per heavy atom. The van der Waals surface area contributed by atoms with E-state index in [1.807, 2.05) is 54.1 Å². The highest BCUT2D eigenvalue weighted by Crippen LogP contribution is 2.48. The molecule has 2 heterocycles. The molecule has 1 aromatic heterocycles. The molecule has 1 aliphatic carbocycles. The Kier molecular flexibility index (Phi) is 5.39. The van der Waals surface area contributed by atoms with Crippen LogP contribution in [-0.2, 0) is 11.3 Å². The zero-order valence-corrected chi connectivity index (χ0v) is 18.2. The highest BCUT2D eigenvalue weighted by Gasteiger charge is 2.40. The summed E-state index contributed by atoms with van der Waals surface area (Å²) in [5, 5.41) is 4.82. The summed E-state index contributed by atoms with van der Waals surface area (Å²) in [5.74, 6) is 2.31. The first-order valence-electron chi connectivity index (χ1n) is 11.0. The van der Waals surface area contributed by atoms with Gasteiger partial charge in [0, 0.05) is 29.9 Å². The third-order valence-corrected chi connectivity index (χ3v) is 6.09. The SMILES string of the molecule is C=CCOc1ccc([C@H]2C3=C(CCCC3=O)Oc3c2c(C)nn3Cc2ccccc2)cc1. The second-order valence-electron chi connectivity index (χ2n) is 8.26. The fourth-order valence-corrected chi connectivity index (χ4v) is 4.65. The van der Waals surface area contributed by atoms with E-state index in [0.29, 0.717) is 19.6 Å². The van der Waals surface area contributed by atoms with Gasteiger partial charge in [0.25, 0.3) is 0 Å². The second-order valence-corrected chi connectivity index (χ2v) is 8.26. The van der Waals surface area contributed by atoms with E-state index in [9.17, 15) is 4.79 Å². The molecule has 2 aliphatic rings. The molecule has 5 heteroatoms. The molecule has 0 N–H and O–H groups in total. The van der Waals surface area contributed by atoms with E-state index in [1.165, 1.54) is 0 Å². The Morgan fingerprint density at radius 1 is 1.16 bits per heavy atom. The number of aromatic nitrogens is 2. The fraction of sp³-hybridized carbons (Fsp3) is 0.259. The number of carbonyl (C=O) groups is 1. The highest BCUT2D eigenvalue weighted by molar-refractivity contribution is 5.99. The van der Waals surface area contributed by atoms with Crippen LogP contribution in [0.3, 0.4) is 0 Å².